The summed E-state index contributed by atoms with van der Waals surface area (Å²) in [6.07, 6.45) is 2.70. The van der Waals surface area contributed by atoms with Gasteiger partial charge in [-0.1, -0.05) is 92.7 Å². The molecule has 0 spiro atoms. The van der Waals surface area contributed by atoms with Crippen LogP contribution in [0.4, 0.5) is 0 Å². The number of aliphatic imine (C=N–C) groups is 1. The van der Waals surface area contributed by atoms with Crippen LogP contribution in [0, 0.1) is 5.41 Å². The normalized spacial score (nSPS) is 18.7. The molecule has 5 rings (SSSR count). The highest BCUT2D eigenvalue weighted by molar-refractivity contribution is 6.54. The van der Waals surface area contributed by atoms with E-state index in [-0.39, 0.29) is 23.3 Å². The first kappa shape index (κ1) is 23.0. The minimum absolute atomic E-state index is 0.111. The molecule has 0 amide bonds. The summed E-state index contributed by atoms with van der Waals surface area (Å²) < 4.78 is 0. The lowest BCUT2D eigenvalue weighted by molar-refractivity contribution is -0.138. The number of allylic oxidation sites excluding steroid dienone is 2. The lowest BCUT2D eigenvalue weighted by Crippen LogP contribution is -2.32. The Hall–Kier alpha value is -3.79. The zero-order valence-corrected chi connectivity index (χ0v) is 20.1. The molecule has 0 radical (unpaired) electrons. The number of carbonyl (C=O) groups is 2. The van der Waals surface area contributed by atoms with Crippen LogP contribution in [0.2, 0.25) is 0 Å². The van der Waals surface area contributed by atoms with Crippen LogP contribution in [0.3, 0.4) is 0 Å². The topological polar surface area (TPSA) is 66.7 Å². The number of fused-ring (bicyclic) bond motifs is 2. The molecule has 0 aromatic heterocycles. The van der Waals surface area contributed by atoms with Crippen LogP contribution in [0.15, 0.2) is 89.4 Å². The number of ketones is 1. The summed E-state index contributed by atoms with van der Waals surface area (Å²) in [4.78, 5) is 30.4. The minimum Gasteiger partial charge on any atom is -0.480 e. The van der Waals surface area contributed by atoms with Crippen LogP contribution < -0.4 is 0 Å². The number of nitrogens with zero attached hydrogens (tertiary/aromatic N) is 1. The quantitative estimate of drug-likeness (QED) is 0.477. The predicted octanol–water partition coefficient (Wildman–Crippen LogP) is 6.39. The zero-order chi connectivity index (χ0) is 24.6. The molecule has 0 bridgehead atoms. The minimum atomic E-state index is -1.04. The second kappa shape index (κ2) is 9.10. The van der Waals surface area contributed by atoms with Crippen LogP contribution in [0.25, 0.3) is 16.7 Å². The first-order chi connectivity index (χ1) is 16.8. The molecule has 4 heteroatoms. The Morgan fingerprint density at radius 1 is 0.886 bits per heavy atom. The molecule has 0 saturated carbocycles. The van der Waals surface area contributed by atoms with E-state index in [0.717, 1.165) is 51.8 Å². The van der Waals surface area contributed by atoms with Crippen molar-refractivity contribution >= 4 is 23.0 Å². The molecule has 2 aliphatic carbocycles. The lowest BCUT2D eigenvalue weighted by Gasteiger charge is -2.36. The van der Waals surface area contributed by atoms with Gasteiger partial charge in [0.05, 0.1) is 0 Å². The summed E-state index contributed by atoms with van der Waals surface area (Å²) >= 11 is 0. The lowest BCUT2D eigenvalue weighted by atomic mass is 9.68. The Balaban J connectivity index is 1.48. The highest BCUT2D eigenvalue weighted by atomic mass is 16.4. The molecule has 2 aliphatic rings. The van der Waals surface area contributed by atoms with Crippen LogP contribution in [-0.2, 0) is 16.0 Å². The van der Waals surface area contributed by atoms with Gasteiger partial charge < -0.3 is 5.11 Å². The molecule has 176 valence electrons. The van der Waals surface area contributed by atoms with Crippen LogP contribution in [-0.4, -0.2) is 28.6 Å². The second-order valence-corrected chi connectivity index (χ2v) is 10.3. The Labute approximate surface area is 206 Å². The summed E-state index contributed by atoms with van der Waals surface area (Å²) in [6, 6.07) is 24.7. The maximum atomic E-state index is 13.6. The molecule has 4 nitrogen and oxygen atoms in total. The van der Waals surface area contributed by atoms with Crippen molar-refractivity contribution in [2.75, 3.05) is 0 Å². The van der Waals surface area contributed by atoms with Crippen molar-refractivity contribution in [2.45, 2.75) is 45.6 Å². The van der Waals surface area contributed by atoms with E-state index < -0.39 is 12.0 Å². The van der Waals surface area contributed by atoms with Crippen LogP contribution >= 0.6 is 0 Å². The molecule has 3 aromatic carbocycles. The predicted molar refractivity (Wildman–Crippen MR) is 140 cm³/mol. The van der Waals surface area contributed by atoms with E-state index in [1.807, 2.05) is 78.9 Å². The highest BCUT2D eigenvalue weighted by Gasteiger charge is 2.37. The molecule has 0 saturated heterocycles. The van der Waals surface area contributed by atoms with Crippen molar-refractivity contribution in [3.8, 4) is 11.1 Å². The van der Waals surface area contributed by atoms with Gasteiger partial charge in [-0.2, -0.15) is 0 Å². The molecule has 1 unspecified atom stereocenters. The number of carboxylic acids is 1. The number of carbonyl (C=O) groups excluding carboxylic acids is 1. The monoisotopic (exact) mass is 463 g/mol. The molecule has 35 heavy (non-hydrogen) atoms. The third-order valence-corrected chi connectivity index (χ3v) is 7.13. The molecule has 3 aromatic rings. The van der Waals surface area contributed by atoms with E-state index in [4.69, 9.17) is 0 Å². The number of rotatable bonds is 5. The van der Waals surface area contributed by atoms with Gasteiger partial charge in [-0.3, -0.25) is 9.79 Å². The smallest absolute Gasteiger partial charge is 0.328 e. The standard InChI is InChI=1S/C31H29NO3/c1-31(2)17-16-25-26(19-31)23-10-6-7-11-24(23)28(29(25)33)32-27(30(34)35)18-20-12-14-22(15-13-20)21-8-4-3-5-9-21/h3-15,27H,16-19H2,1-2H3,(H,34,35). The van der Waals surface area contributed by atoms with E-state index in [1.165, 1.54) is 0 Å². The number of hydrogen-bond acceptors (Lipinski definition) is 3. The SMILES string of the molecule is CC1(C)CCC2=C(C1)c1ccccc1C(=NC(Cc1ccc(-c3ccccc3)cc1)C(=O)O)C2=O. The Bertz CT molecular complexity index is 1350. The summed E-state index contributed by atoms with van der Waals surface area (Å²) in [5.74, 6) is -1.14. The van der Waals surface area contributed by atoms with Crippen LogP contribution in [0.5, 0.6) is 0 Å². The van der Waals surface area contributed by atoms with Gasteiger partial charge in [0.25, 0.3) is 0 Å². The highest BCUT2D eigenvalue weighted by Crippen LogP contribution is 2.46. The van der Waals surface area contributed by atoms with E-state index in [2.05, 4.69) is 18.8 Å². The summed E-state index contributed by atoms with van der Waals surface area (Å²) in [6.45, 7) is 4.47. The van der Waals surface area contributed by atoms with E-state index in [0.29, 0.717) is 6.42 Å². The Morgan fingerprint density at radius 2 is 1.51 bits per heavy atom. The fraction of sp³-hybridized carbons (Fsp3) is 0.258. The molecule has 0 aliphatic heterocycles. The van der Waals surface area contributed by atoms with Crippen molar-refractivity contribution in [1.29, 1.82) is 0 Å². The number of benzene rings is 3. The zero-order valence-electron chi connectivity index (χ0n) is 20.1. The van der Waals surface area contributed by atoms with Gasteiger partial charge in [0.1, 0.15) is 5.71 Å². The first-order valence-corrected chi connectivity index (χ1v) is 12.1. The van der Waals surface area contributed by atoms with Gasteiger partial charge in [0.2, 0.25) is 5.78 Å². The third-order valence-electron chi connectivity index (χ3n) is 7.13. The Kier molecular flexibility index (Phi) is 5.98. The number of hydrogen-bond donors (Lipinski definition) is 1. The van der Waals surface area contributed by atoms with E-state index >= 15 is 0 Å². The maximum absolute atomic E-state index is 13.6. The van der Waals surface area contributed by atoms with Crippen molar-refractivity contribution in [1.82, 2.24) is 0 Å². The van der Waals surface area contributed by atoms with Gasteiger partial charge in [-0.25, -0.2) is 4.79 Å². The average Bonchev–Trinajstić information content (AvgIpc) is 2.86. The fourth-order valence-electron chi connectivity index (χ4n) is 5.17. The number of aliphatic carboxylic acids is 1. The molecular formula is C31H29NO3. The van der Waals surface area contributed by atoms with Gasteiger partial charge in [-0.15, -0.1) is 0 Å². The summed E-state index contributed by atoms with van der Waals surface area (Å²) in [7, 11) is 0. The fourth-order valence-corrected chi connectivity index (χ4v) is 5.17. The van der Waals surface area contributed by atoms with Crippen molar-refractivity contribution < 1.29 is 14.7 Å². The van der Waals surface area contributed by atoms with Crippen molar-refractivity contribution in [3.63, 3.8) is 0 Å². The van der Waals surface area contributed by atoms with E-state index in [1.54, 1.807) is 0 Å². The average molecular weight is 464 g/mol. The molecule has 0 heterocycles. The molecule has 0 fully saturated rings. The van der Waals surface area contributed by atoms with Gasteiger partial charge >= 0.3 is 5.97 Å². The largest absolute Gasteiger partial charge is 0.480 e. The van der Waals surface area contributed by atoms with Gasteiger partial charge in [-0.05, 0) is 52.5 Å². The van der Waals surface area contributed by atoms with E-state index in [9.17, 15) is 14.7 Å². The number of Topliss-reactive ketones (excluding diaryl/α,β-unsaturated/α-hetero) is 1. The molecular weight excluding hydrogens is 434 g/mol. The van der Waals surface area contributed by atoms with Gasteiger partial charge in [0.15, 0.2) is 6.04 Å². The van der Waals surface area contributed by atoms with Crippen molar-refractivity contribution in [3.05, 3.63) is 101 Å². The van der Waals surface area contributed by atoms with Crippen molar-refractivity contribution in [2.24, 2.45) is 10.4 Å². The number of carboxylic acid groups (broad SMARTS) is 1. The Morgan fingerprint density at radius 3 is 2.20 bits per heavy atom. The first-order valence-electron chi connectivity index (χ1n) is 12.1. The third kappa shape index (κ3) is 4.61. The van der Waals surface area contributed by atoms with Gasteiger partial charge in [0, 0.05) is 17.6 Å². The maximum Gasteiger partial charge on any atom is 0.328 e. The summed E-state index contributed by atoms with van der Waals surface area (Å²) in [5, 5.41) is 10.0. The second-order valence-electron chi connectivity index (χ2n) is 10.3. The summed E-state index contributed by atoms with van der Waals surface area (Å²) in [5.41, 5.74) is 7.15. The van der Waals surface area contributed by atoms with Crippen LogP contribution in [0.1, 0.15) is 49.8 Å². The molecule has 1 atom stereocenters. The molecule has 1 N–H and O–H groups in total.